The Morgan fingerprint density at radius 3 is 2.32 bits per heavy atom. The molecule has 4 aliphatic rings. The van der Waals surface area contributed by atoms with Crippen molar-refractivity contribution < 1.29 is 9.59 Å². The fraction of sp³-hybridized carbons (Fsp3) is 0.760. The maximum atomic E-state index is 13.2. The van der Waals surface area contributed by atoms with Gasteiger partial charge in [-0.25, -0.2) is 0 Å². The molecular weight excluding hydrogens is 406 g/mol. The van der Waals surface area contributed by atoms with Gasteiger partial charge in [0.1, 0.15) is 0 Å². The van der Waals surface area contributed by atoms with Crippen molar-refractivity contribution in [2.24, 2.45) is 11.8 Å². The van der Waals surface area contributed by atoms with Crippen LogP contribution in [0.1, 0.15) is 72.0 Å². The van der Waals surface area contributed by atoms with Gasteiger partial charge in [0.25, 0.3) is 5.91 Å². The number of carbonyl (C=O) groups is 2. The maximum absolute atomic E-state index is 13.2. The highest BCUT2D eigenvalue weighted by molar-refractivity contribution is 7.14. The smallest absolute Gasteiger partial charge is 0.263 e. The number of thiophene rings is 1. The van der Waals surface area contributed by atoms with Crippen molar-refractivity contribution in [2.75, 3.05) is 39.3 Å². The molecule has 0 aromatic carbocycles. The van der Waals surface area contributed by atoms with Crippen molar-refractivity contribution in [2.45, 2.75) is 70.8 Å². The summed E-state index contributed by atoms with van der Waals surface area (Å²) in [6.45, 7) is 7.91. The highest BCUT2D eigenvalue weighted by Gasteiger charge is 2.34. The molecule has 0 bridgehead atoms. The molecule has 170 valence electrons. The number of piperidine rings is 1. The molecular formula is C25H37N3O2S. The number of carbonyl (C=O) groups excluding carboxylic acids is 2. The molecule has 1 saturated carbocycles. The first-order valence-electron chi connectivity index (χ1n) is 12.5. The fourth-order valence-electron chi connectivity index (χ4n) is 6.04. The van der Waals surface area contributed by atoms with Gasteiger partial charge in [-0.3, -0.25) is 14.5 Å². The lowest BCUT2D eigenvalue weighted by Crippen LogP contribution is -2.53. The number of likely N-dealkylation sites (tertiary alicyclic amines) is 1. The van der Waals surface area contributed by atoms with E-state index in [1.54, 1.807) is 11.3 Å². The molecule has 0 N–H and O–H groups in total. The summed E-state index contributed by atoms with van der Waals surface area (Å²) in [7, 11) is 0. The van der Waals surface area contributed by atoms with Crippen LogP contribution in [0.3, 0.4) is 0 Å². The van der Waals surface area contributed by atoms with E-state index in [0.29, 0.717) is 5.91 Å². The summed E-state index contributed by atoms with van der Waals surface area (Å²) in [5.74, 6) is 1.38. The van der Waals surface area contributed by atoms with Gasteiger partial charge in [0.15, 0.2) is 0 Å². The number of hydrogen-bond acceptors (Lipinski definition) is 4. The molecule has 2 saturated heterocycles. The topological polar surface area (TPSA) is 43.9 Å². The number of piperazine rings is 1. The molecule has 2 aliphatic carbocycles. The van der Waals surface area contributed by atoms with Crippen molar-refractivity contribution in [3.63, 3.8) is 0 Å². The first-order chi connectivity index (χ1) is 15.1. The Morgan fingerprint density at radius 1 is 0.903 bits per heavy atom. The Kier molecular flexibility index (Phi) is 6.38. The normalized spacial score (nSPS) is 26.3. The third kappa shape index (κ3) is 4.56. The minimum Gasteiger partial charge on any atom is -0.340 e. The minimum atomic E-state index is 0.0962. The molecule has 1 aromatic rings. The van der Waals surface area contributed by atoms with Crippen LogP contribution < -0.4 is 0 Å². The SMILES string of the molecule is CC1CCN(C(=O)c2cc3c(s2)CC[C@@H](C(=O)N2CCN(C4CCCC4)CC2)C3)CC1. The summed E-state index contributed by atoms with van der Waals surface area (Å²) in [5.41, 5.74) is 1.26. The standard InChI is InChI=1S/C25H37N3O2S/c1-18-8-10-27(11-9-18)25(30)23-17-20-16-19(6-7-22(20)31-23)24(29)28-14-12-26(13-15-28)21-4-2-3-5-21/h17-19,21H,2-16H2,1H3/t19-/m1/s1. The van der Waals surface area contributed by atoms with Gasteiger partial charge in [0.05, 0.1) is 4.88 Å². The zero-order valence-corrected chi connectivity index (χ0v) is 19.8. The van der Waals surface area contributed by atoms with Crippen LogP contribution in [-0.2, 0) is 17.6 Å². The Morgan fingerprint density at radius 2 is 1.61 bits per heavy atom. The molecule has 2 aliphatic heterocycles. The Labute approximate surface area is 190 Å². The Bertz CT molecular complexity index is 800. The van der Waals surface area contributed by atoms with Crippen molar-refractivity contribution in [3.8, 4) is 0 Å². The third-order valence-corrected chi connectivity index (χ3v) is 9.41. The Balaban J connectivity index is 1.17. The number of aryl methyl sites for hydroxylation is 1. The van der Waals surface area contributed by atoms with Gasteiger partial charge in [-0.1, -0.05) is 19.8 Å². The van der Waals surface area contributed by atoms with Gasteiger partial charge in [0, 0.05) is 56.1 Å². The summed E-state index contributed by atoms with van der Waals surface area (Å²) in [6.07, 6.45) is 10.4. The van der Waals surface area contributed by atoms with Crippen molar-refractivity contribution in [1.82, 2.24) is 14.7 Å². The summed E-state index contributed by atoms with van der Waals surface area (Å²) in [5, 5.41) is 0. The molecule has 1 aromatic heterocycles. The predicted octanol–water partition coefficient (Wildman–Crippen LogP) is 3.81. The van der Waals surface area contributed by atoms with Crippen LogP contribution in [0.5, 0.6) is 0 Å². The van der Waals surface area contributed by atoms with Gasteiger partial charge in [-0.05, 0) is 62.5 Å². The molecule has 5 nitrogen and oxygen atoms in total. The number of nitrogens with zero attached hydrogens (tertiary/aromatic N) is 3. The van der Waals surface area contributed by atoms with E-state index in [9.17, 15) is 9.59 Å². The molecule has 6 heteroatoms. The second-order valence-corrected chi connectivity index (χ2v) is 11.4. The van der Waals surface area contributed by atoms with E-state index in [2.05, 4.69) is 22.8 Å². The van der Waals surface area contributed by atoms with Gasteiger partial charge in [-0.15, -0.1) is 11.3 Å². The summed E-state index contributed by atoms with van der Waals surface area (Å²) in [6, 6.07) is 2.87. The van der Waals surface area contributed by atoms with Gasteiger partial charge in [0.2, 0.25) is 5.91 Å². The van der Waals surface area contributed by atoms with E-state index in [4.69, 9.17) is 0 Å². The van der Waals surface area contributed by atoms with Gasteiger partial charge in [-0.2, -0.15) is 0 Å². The lowest BCUT2D eigenvalue weighted by atomic mass is 9.87. The summed E-state index contributed by atoms with van der Waals surface area (Å²) < 4.78 is 0. The van der Waals surface area contributed by atoms with E-state index in [1.807, 2.05) is 4.90 Å². The van der Waals surface area contributed by atoms with Crippen LogP contribution >= 0.6 is 11.3 Å². The van der Waals surface area contributed by atoms with E-state index in [0.717, 1.165) is 88.2 Å². The zero-order chi connectivity index (χ0) is 21.4. The van der Waals surface area contributed by atoms with Crippen molar-refractivity contribution in [1.29, 1.82) is 0 Å². The van der Waals surface area contributed by atoms with Crippen molar-refractivity contribution in [3.05, 3.63) is 21.4 Å². The molecule has 0 unspecified atom stereocenters. The lowest BCUT2D eigenvalue weighted by molar-refractivity contribution is -0.138. The number of fused-ring (bicyclic) bond motifs is 1. The Hall–Kier alpha value is -1.40. The predicted molar refractivity (Wildman–Crippen MR) is 125 cm³/mol. The maximum Gasteiger partial charge on any atom is 0.263 e. The number of rotatable bonds is 3. The second kappa shape index (κ2) is 9.22. The van der Waals surface area contributed by atoms with E-state index in [1.165, 1.54) is 36.1 Å². The first-order valence-corrected chi connectivity index (χ1v) is 13.3. The highest BCUT2D eigenvalue weighted by atomic mass is 32.1. The molecule has 31 heavy (non-hydrogen) atoms. The molecule has 3 heterocycles. The van der Waals surface area contributed by atoms with E-state index < -0.39 is 0 Å². The number of amides is 2. The van der Waals surface area contributed by atoms with Crippen LogP contribution in [0.2, 0.25) is 0 Å². The molecule has 1 atom stereocenters. The third-order valence-electron chi connectivity index (χ3n) is 8.18. The van der Waals surface area contributed by atoms with Crippen LogP contribution in [0, 0.1) is 11.8 Å². The number of hydrogen-bond donors (Lipinski definition) is 0. The summed E-state index contributed by atoms with van der Waals surface area (Å²) >= 11 is 1.68. The molecule has 3 fully saturated rings. The van der Waals surface area contributed by atoms with Gasteiger partial charge < -0.3 is 9.80 Å². The monoisotopic (exact) mass is 443 g/mol. The quantitative estimate of drug-likeness (QED) is 0.714. The van der Waals surface area contributed by atoms with E-state index in [-0.39, 0.29) is 11.8 Å². The van der Waals surface area contributed by atoms with Crippen molar-refractivity contribution >= 4 is 23.2 Å². The fourth-order valence-corrected chi connectivity index (χ4v) is 7.22. The second-order valence-electron chi connectivity index (χ2n) is 10.3. The average Bonchev–Trinajstić information content (AvgIpc) is 3.48. The largest absolute Gasteiger partial charge is 0.340 e. The lowest BCUT2D eigenvalue weighted by Gasteiger charge is -2.39. The first kappa shape index (κ1) is 21.4. The van der Waals surface area contributed by atoms with Crippen LogP contribution in [0.15, 0.2) is 6.07 Å². The average molecular weight is 444 g/mol. The molecule has 0 radical (unpaired) electrons. The molecule has 5 rings (SSSR count). The molecule has 0 spiro atoms. The van der Waals surface area contributed by atoms with Crippen LogP contribution in [-0.4, -0.2) is 71.8 Å². The minimum absolute atomic E-state index is 0.0962. The van der Waals surface area contributed by atoms with E-state index >= 15 is 0 Å². The zero-order valence-electron chi connectivity index (χ0n) is 19.0. The van der Waals surface area contributed by atoms with Crippen LogP contribution in [0.4, 0.5) is 0 Å². The summed E-state index contributed by atoms with van der Waals surface area (Å²) in [4.78, 5) is 35.2. The highest BCUT2D eigenvalue weighted by Crippen LogP contribution is 2.34. The molecule has 2 amide bonds. The van der Waals surface area contributed by atoms with Gasteiger partial charge >= 0.3 is 0 Å². The van der Waals surface area contributed by atoms with Crippen LogP contribution in [0.25, 0.3) is 0 Å².